The maximum Gasteiger partial charge on any atom is 0.341 e. The van der Waals surface area contributed by atoms with Gasteiger partial charge in [-0.25, -0.2) is 4.79 Å². The van der Waals surface area contributed by atoms with Gasteiger partial charge < -0.3 is 20.1 Å². The first-order valence-electron chi connectivity index (χ1n) is 9.19. The van der Waals surface area contributed by atoms with Crippen molar-refractivity contribution in [2.45, 2.75) is 27.7 Å². The average molecular weight is 365 g/mol. The van der Waals surface area contributed by atoms with Gasteiger partial charge in [0.25, 0.3) is 0 Å². The van der Waals surface area contributed by atoms with Crippen LogP contribution in [-0.4, -0.2) is 72.7 Å². The minimum atomic E-state index is -0.573. The number of esters is 1. The number of hydrogen-bond acceptors (Lipinski definition) is 6. The summed E-state index contributed by atoms with van der Waals surface area (Å²) in [7, 11) is 0. The highest BCUT2D eigenvalue weighted by atomic mass is 16.5. The molecule has 7 nitrogen and oxygen atoms in total. The van der Waals surface area contributed by atoms with Crippen LogP contribution >= 0.6 is 0 Å². The summed E-state index contributed by atoms with van der Waals surface area (Å²) in [5, 5.41) is 12.8. The molecule has 0 aliphatic carbocycles. The Morgan fingerprint density at radius 3 is 2.19 bits per heavy atom. The highest BCUT2D eigenvalue weighted by molar-refractivity contribution is 5.95. The molecule has 1 amide bonds. The molecular formula is C19H31N3O4. The molecule has 0 saturated heterocycles. The number of carbonyl (C=O) groups excluding carboxylic acids is 2. The van der Waals surface area contributed by atoms with Gasteiger partial charge in [-0.1, -0.05) is 27.7 Å². The quantitative estimate of drug-likeness (QED) is 0.585. The summed E-state index contributed by atoms with van der Waals surface area (Å²) in [6.45, 7) is 12.6. The lowest BCUT2D eigenvalue weighted by Gasteiger charge is -2.18. The molecule has 1 aromatic carbocycles. The van der Waals surface area contributed by atoms with Crippen molar-refractivity contribution in [1.82, 2.24) is 9.80 Å². The molecular weight excluding hydrogens is 334 g/mol. The predicted molar refractivity (Wildman–Crippen MR) is 103 cm³/mol. The molecule has 146 valence electrons. The first-order chi connectivity index (χ1) is 12.4. The summed E-state index contributed by atoms with van der Waals surface area (Å²) in [6.07, 6.45) is 0. The van der Waals surface area contributed by atoms with Crippen LogP contribution < -0.4 is 5.32 Å². The molecule has 0 radical (unpaired) electrons. The van der Waals surface area contributed by atoms with E-state index in [0.29, 0.717) is 12.2 Å². The van der Waals surface area contributed by atoms with Gasteiger partial charge in [0, 0.05) is 18.3 Å². The van der Waals surface area contributed by atoms with Crippen molar-refractivity contribution in [2.24, 2.45) is 0 Å². The van der Waals surface area contributed by atoms with Crippen LogP contribution in [0.5, 0.6) is 5.75 Å². The Bertz CT molecular complexity index is 584. The van der Waals surface area contributed by atoms with Crippen LogP contribution in [0.3, 0.4) is 0 Å². The van der Waals surface area contributed by atoms with E-state index in [4.69, 9.17) is 4.74 Å². The molecule has 0 saturated carbocycles. The minimum absolute atomic E-state index is 0.0892. The number of phenolic OH excluding ortho intramolecular Hbond substituents is 1. The van der Waals surface area contributed by atoms with Gasteiger partial charge in [-0.05, 0) is 38.3 Å². The zero-order valence-corrected chi connectivity index (χ0v) is 16.2. The summed E-state index contributed by atoms with van der Waals surface area (Å²) in [5.74, 6) is -0.947. The molecule has 0 atom stereocenters. The Hall–Kier alpha value is -2.12. The molecule has 0 aliphatic rings. The van der Waals surface area contributed by atoms with Gasteiger partial charge in [-0.15, -0.1) is 0 Å². The first-order valence-corrected chi connectivity index (χ1v) is 9.19. The summed E-state index contributed by atoms with van der Waals surface area (Å²) >= 11 is 0. The Morgan fingerprint density at radius 2 is 1.65 bits per heavy atom. The van der Waals surface area contributed by atoms with E-state index in [1.54, 1.807) is 6.07 Å². The number of phenols is 1. The second kappa shape index (κ2) is 11.5. The van der Waals surface area contributed by atoms with E-state index in [2.05, 4.69) is 10.2 Å². The maximum atomic E-state index is 12.1. The van der Waals surface area contributed by atoms with E-state index in [1.165, 1.54) is 12.1 Å². The summed E-state index contributed by atoms with van der Waals surface area (Å²) in [5.41, 5.74) is 0.533. The normalized spacial score (nSPS) is 11.0. The lowest BCUT2D eigenvalue weighted by atomic mass is 10.2. The molecule has 0 unspecified atom stereocenters. The van der Waals surface area contributed by atoms with Crippen molar-refractivity contribution in [3.8, 4) is 5.75 Å². The number of ether oxygens (including phenoxy) is 1. The monoisotopic (exact) mass is 365 g/mol. The number of nitrogens with zero attached hydrogens (tertiary/aromatic N) is 2. The molecule has 0 spiro atoms. The van der Waals surface area contributed by atoms with E-state index in [-0.39, 0.29) is 30.4 Å². The number of benzene rings is 1. The van der Waals surface area contributed by atoms with Gasteiger partial charge >= 0.3 is 5.97 Å². The fraction of sp³-hybridized carbons (Fsp3) is 0.579. The van der Waals surface area contributed by atoms with Gasteiger partial charge in [-0.3, -0.25) is 9.69 Å². The van der Waals surface area contributed by atoms with Crippen molar-refractivity contribution >= 4 is 17.6 Å². The molecule has 0 aromatic heterocycles. The summed E-state index contributed by atoms with van der Waals surface area (Å²) in [6, 6.07) is 4.41. The molecule has 1 aromatic rings. The van der Waals surface area contributed by atoms with Crippen molar-refractivity contribution in [1.29, 1.82) is 0 Å². The average Bonchev–Trinajstić information content (AvgIpc) is 2.63. The molecule has 1 rings (SSSR count). The SMILES string of the molecule is CCN(CC)CCOC(=O)c1ccc(NC(=O)CN(CC)CC)cc1O. The van der Waals surface area contributed by atoms with Crippen molar-refractivity contribution in [3.63, 3.8) is 0 Å². The number of likely N-dealkylation sites (N-methyl/N-ethyl adjacent to an activating group) is 2. The number of anilines is 1. The van der Waals surface area contributed by atoms with Gasteiger partial charge in [0.15, 0.2) is 0 Å². The smallest absolute Gasteiger partial charge is 0.341 e. The van der Waals surface area contributed by atoms with Crippen LogP contribution in [0.25, 0.3) is 0 Å². The number of hydrogen-bond donors (Lipinski definition) is 2. The van der Waals surface area contributed by atoms with Crippen molar-refractivity contribution in [2.75, 3.05) is 51.2 Å². The van der Waals surface area contributed by atoms with Gasteiger partial charge in [0.05, 0.1) is 6.54 Å². The largest absolute Gasteiger partial charge is 0.507 e. The number of rotatable bonds is 11. The Labute approximate surface area is 155 Å². The summed E-state index contributed by atoms with van der Waals surface area (Å²) < 4.78 is 5.21. The van der Waals surface area contributed by atoms with Crippen LogP contribution in [0.4, 0.5) is 5.69 Å². The number of nitrogens with one attached hydrogen (secondary N) is 1. The highest BCUT2D eigenvalue weighted by Gasteiger charge is 2.15. The molecule has 26 heavy (non-hydrogen) atoms. The lowest BCUT2D eigenvalue weighted by Crippen LogP contribution is -2.32. The van der Waals surface area contributed by atoms with Crippen LogP contribution in [0, 0.1) is 0 Å². The Kier molecular flexibility index (Phi) is 9.69. The number of amides is 1. The third-order valence-electron chi connectivity index (χ3n) is 4.30. The van der Waals surface area contributed by atoms with Gasteiger partial charge in [-0.2, -0.15) is 0 Å². The fourth-order valence-electron chi connectivity index (χ4n) is 2.52. The second-order valence-corrected chi connectivity index (χ2v) is 5.90. The number of carbonyl (C=O) groups is 2. The third kappa shape index (κ3) is 7.01. The topological polar surface area (TPSA) is 82.1 Å². The Balaban J connectivity index is 2.60. The Morgan fingerprint density at radius 1 is 1.04 bits per heavy atom. The van der Waals surface area contributed by atoms with E-state index in [9.17, 15) is 14.7 Å². The van der Waals surface area contributed by atoms with E-state index in [0.717, 1.165) is 26.2 Å². The van der Waals surface area contributed by atoms with Crippen molar-refractivity contribution in [3.05, 3.63) is 23.8 Å². The fourth-order valence-corrected chi connectivity index (χ4v) is 2.52. The lowest BCUT2D eigenvalue weighted by molar-refractivity contribution is -0.117. The van der Waals surface area contributed by atoms with Gasteiger partial charge in [0.2, 0.25) is 5.91 Å². The highest BCUT2D eigenvalue weighted by Crippen LogP contribution is 2.22. The van der Waals surface area contributed by atoms with Crippen molar-refractivity contribution < 1.29 is 19.4 Å². The van der Waals surface area contributed by atoms with E-state index < -0.39 is 5.97 Å². The molecule has 2 N–H and O–H groups in total. The molecule has 7 heteroatoms. The predicted octanol–water partition coefficient (Wildman–Crippen LogP) is 2.17. The maximum absolute atomic E-state index is 12.1. The first kappa shape index (κ1) is 21.9. The number of aromatic hydroxyl groups is 1. The van der Waals surface area contributed by atoms with E-state index >= 15 is 0 Å². The molecule has 0 fully saturated rings. The van der Waals surface area contributed by atoms with Crippen LogP contribution in [-0.2, 0) is 9.53 Å². The minimum Gasteiger partial charge on any atom is -0.507 e. The molecule has 0 aliphatic heterocycles. The third-order valence-corrected chi connectivity index (χ3v) is 4.30. The second-order valence-electron chi connectivity index (χ2n) is 5.90. The zero-order chi connectivity index (χ0) is 19.5. The molecule has 0 bridgehead atoms. The van der Waals surface area contributed by atoms with Gasteiger partial charge in [0.1, 0.15) is 17.9 Å². The molecule has 0 heterocycles. The standard InChI is InChI=1S/C19H31N3O4/c1-5-21(6-2)11-12-26-19(25)16-10-9-15(13-17(16)23)20-18(24)14-22(7-3)8-4/h9-10,13,23H,5-8,11-12,14H2,1-4H3,(H,20,24). The van der Waals surface area contributed by atoms with Crippen LogP contribution in [0.15, 0.2) is 18.2 Å². The zero-order valence-electron chi connectivity index (χ0n) is 16.2. The summed E-state index contributed by atoms with van der Waals surface area (Å²) in [4.78, 5) is 28.2. The van der Waals surface area contributed by atoms with E-state index in [1.807, 2.05) is 32.6 Å². The van der Waals surface area contributed by atoms with Crippen LogP contribution in [0.1, 0.15) is 38.1 Å². The van der Waals surface area contributed by atoms with Crippen LogP contribution in [0.2, 0.25) is 0 Å².